The summed E-state index contributed by atoms with van der Waals surface area (Å²) in [5.41, 5.74) is 3.19. The van der Waals surface area contributed by atoms with Gasteiger partial charge in [-0.05, 0) is 61.7 Å². The lowest BCUT2D eigenvalue weighted by atomic mass is 9.74. The molecular formula is C24H23BrN2O4. The largest absolute Gasteiger partial charge is 0.454 e. The van der Waals surface area contributed by atoms with Crippen molar-refractivity contribution in [3.8, 4) is 11.5 Å². The molecule has 31 heavy (non-hydrogen) atoms. The molecule has 0 bridgehead atoms. The molecule has 1 amide bonds. The highest BCUT2D eigenvalue weighted by atomic mass is 79.9. The fraction of sp³-hybridized carbons (Fsp3) is 0.333. The van der Waals surface area contributed by atoms with Gasteiger partial charge in [-0.2, -0.15) is 0 Å². The molecule has 0 atom stereocenters. The van der Waals surface area contributed by atoms with Gasteiger partial charge in [0.1, 0.15) is 0 Å². The monoisotopic (exact) mass is 482 g/mol. The van der Waals surface area contributed by atoms with Crippen molar-refractivity contribution >= 4 is 32.7 Å². The van der Waals surface area contributed by atoms with Crippen molar-refractivity contribution in [1.29, 1.82) is 0 Å². The van der Waals surface area contributed by atoms with Crippen LogP contribution in [0.1, 0.15) is 34.5 Å². The number of aromatic nitrogens is 1. The molecule has 1 aromatic heterocycles. The number of aryl methyl sites for hydroxylation is 1. The van der Waals surface area contributed by atoms with Crippen molar-refractivity contribution < 1.29 is 19.0 Å². The first kappa shape index (κ1) is 20.3. The Morgan fingerprint density at radius 2 is 1.90 bits per heavy atom. The number of carbonyl (C=O) groups excluding carboxylic acids is 1. The summed E-state index contributed by atoms with van der Waals surface area (Å²) < 4.78 is 17.6. The summed E-state index contributed by atoms with van der Waals surface area (Å²) >= 11 is 3.50. The van der Waals surface area contributed by atoms with Gasteiger partial charge in [0.05, 0.1) is 11.1 Å². The van der Waals surface area contributed by atoms with Gasteiger partial charge in [-0.25, -0.2) is 0 Å². The van der Waals surface area contributed by atoms with Crippen LogP contribution in [0.3, 0.4) is 0 Å². The number of benzene rings is 2. The first-order valence-electron chi connectivity index (χ1n) is 10.4. The summed E-state index contributed by atoms with van der Waals surface area (Å²) in [6.07, 6.45) is 1.66. The fourth-order valence-electron chi connectivity index (χ4n) is 4.42. The highest BCUT2D eigenvalue weighted by molar-refractivity contribution is 9.10. The minimum absolute atomic E-state index is 0.0970. The zero-order valence-corrected chi connectivity index (χ0v) is 18.8. The molecule has 5 rings (SSSR count). The van der Waals surface area contributed by atoms with Crippen LogP contribution in [0.25, 0.3) is 10.9 Å². The van der Waals surface area contributed by atoms with Gasteiger partial charge in [0.15, 0.2) is 11.5 Å². The number of rotatable bonds is 4. The van der Waals surface area contributed by atoms with Gasteiger partial charge in [-0.3, -0.25) is 9.78 Å². The van der Waals surface area contributed by atoms with E-state index in [1.807, 2.05) is 43.3 Å². The van der Waals surface area contributed by atoms with Crippen molar-refractivity contribution in [2.45, 2.75) is 25.2 Å². The van der Waals surface area contributed by atoms with Crippen LogP contribution >= 0.6 is 15.9 Å². The Hall–Kier alpha value is -2.64. The fourth-order valence-corrected chi connectivity index (χ4v) is 4.78. The Bertz CT molecular complexity index is 1160. The molecule has 0 spiro atoms. The molecule has 160 valence electrons. The molecule has 2 aromatic carbocycles. The maximum absolute atomic E-state index is 13.3. The molecule has 3 heterocycles. The molecule has 1 N–H and O–H groups in total. The number of halogens is 1. The lowest BCUT2D eigenvalue weighted by molar-refractivity contribution is 0.0486. The third kappa shape index (κ3) is 3.88. The minimum atomic E-state index is -0.215. The third-order valence-electron chi connectivity index (χ3n) is 6.17. The van der Waals surface area contributed by atoms with Crippen LogP contribution in [0.2, 0.25) is 0 Å². The SMILES string of the molecule is Cc1cc(C(=O)NCC2(c3ccc4c(c3)OCO4)CCOCC2)c2cc(Br)ccc2n1. The average molecular weight is 483 g/mol. The summed E-state index contributed by atoms with van der Waals surface area (Å²) in [5.74, 6) is 1.43. The van der Waals surface area contributed by atoms with Crippen LogP contribution < -0.4 is 14.8 Å². The van der Waals surface area contributed by atoms with E-state index in [9.17, 15) is 4.79 Å². The zero-order valence-electron chi connectivity index (χ0n) is 17.2. The Kier molecular flexibility index (Phi) is 5.32. The number of ether oxygens (including phenoxy) is 3. The number of nitrogens with zero attached hydrogens (tertiary/aromatic N) is 1. The Balaban J connectivity index is 1.45. The molecule has 2 aliphatic heterocycles. The average Bonchev–Trinajstić information content (AvgIpc) is 3.26. The minimum Gasteiger partial charge on any atom is -0.454 e. The van der Waals surface area contributed by atoms with Crippen molar-refractivity contribution in [2.75, 3.05) is 26.6 Å². The van der Waals surface area contributed by atoms with E-state index in [0.29, 0.717) is 25.3 Å². The van der Waals surface area contributed by atoms with Gasteiger partial charge in [0.25, 0.3) is 5.91 Å². The zero-order chi connectivity index (χ0) is 21.4. The highest BCUT2D eigenvalue weighted by Gasteiger charge is 2.36. The number of hydrogen-bond donors (Lipinski definition) is 1. The number of amides is 1. The van der Waals surface area contributed by atoms with Gasteiger partial charge < -0.3 is 19.5 Å². The van der Waals surface area contributed by atoms with Gasteiger partial charge >= 0.3 is 0 Å². The van der Waals surface area contributed by atoms with Crippen LogP contribution in [0.4, 0.5) is 0 Å². The summed E-state index contributed by atoms with van der Waals surface area (Å²) in [7, 11) is 0. The lowest BCUT2D eigenvalue weighted by Crippen LogP contribution is -2.44. The van der Waals surface area contributed by atoms with Gasteiger partial charge in [-0.15, -0.1) is 0 Å². The van der Waals surface area contributed by atoms with E-state index in [-0.39, 0.29) is 18.1 Å². The van der Waals surface area contributed by atoms with Crippen molar-refractivity contribution in [3.05, 3.63) is 63.8 Å². The summed E-state index contributed by atoms with van der Waals surface area (Å²) in [6, 6.07) is 13.7. The van der Waals surface area contributed by atoms with E-state index in [1.54, 1.807) is 0 Å². The number of hydrogen-bond acceptors (Lipinski definition) is 5. The Morgan fingerprint density at radius 3 is 2.74 bits per heavy atom. The first-order chi connectivity index (χ1) is 15.0. The summed E-state index contributed by atoms with van der Waals surface area (Å²) in [6.45, 7) is 4.00. The number of nitrogens with one attached hydrogen (secondary N) is 1. The molecule has 0 saturated carbocycles. The predicted octanol–water partition coefficient (Wildman–Crippen LogP) is 4.51. The molecule has 3 aromatic rings. The molecule has 0 radical (unpaired) electrons. The molecule has 1 saturated heterocycles. The number of pyridine rings is 1. The number of fused-ring (bicyclic) bond motifs is 2. The van der Waals surface area contributed by atoms with Crippen LogP contribution in [-0.2, 0) is 10.2 Å². The summed E-state index contributed by atoms with van der Waals surface area (Å²) in [4.78, 5) is 17.9. The first-order valence-corrected chi connectivity index (χ1v) is 11.2. The van der Waals surface area contributed by atoms with Crippen LogP contribution in [0, 0.1) is 6.92 Å². The van der Waals surface area contributed by atoms with Crippen molar-refractivity contribution in [2.24, 2.45) is 0 Å². The second-order valence-electron chi connectivity index (χ2n) is 8.12. The molecular weight excluding hydrogens is 460 g/mol. The van der Waals surface area contributed by atoms with Crippen molar-refractivity contribution in [3.63, 3.8) is 0 Å². The molecule has 0 unspecified atom stereocenters. The predicted molar refractivity (Wildman–Crippen MR) is 121 cm³/mol. The van der Waals surface area contributed by atoms with Gasteiger partial charge in [0, 0.05) is 40.7 Å². The van der Waals surface area contributed by atoms with Crippen LogP contribution in [0.15, 0.2) is 46.9 Å². The Labute approximate surface area is 189 Å². The number of carbonyl (C=O) groups is 1. The maximum atomic E-state index is 13.3. The van der Waals surface area contributed by atoms with E-state index in [0.717, 1.165) is 51.0 Å². The van der Waals surface area contributed by atoms with E-state index < -0.39 is 0 Å². The topological polar surface area (TPSA) is 69.7 Å². The second kappa shape index (κ2) is 8.13. The van der Waals surface area contributed by atoms with E-state index >= 15 is 0 Å². The molecule has 1 fully saturated rings. The van der Waals surface area contributed by atoms with Crippen molar-refractivity contribution in [1.82, 2.24) is 10.3 Å². The van der Waals surface area contributed by atoms with Gasteiger partial charge in [-0.1, -0.05) is 22.0 Å². The van der Waals surface area contributed by atoms with E-state index in [1.165, 1.54) is 0 Å². The standard InChI is InChI=1S/C24H23BrN2O4/c1-15-10-19(18-12-17(25)3-4-20(18)27-15)23(28)26-13-24(6-8-29-9-7-24)16-2-5-21-22(11-16)31-14-30-21/h2-5,10-12H,6-9,13-14H2,1H3,(H,26,28). The molecule has 2 aliphatic rings. The normalized spacial score (nSPS) is 17.0. The smallest absolute Gasteiger partial charge is 0.252 e. The third-order valence-corrected chi connectivity index (χ3v) is 6.66. The molecule has 6 nitrogen and oxygen atoms in total. The van der Waals surface area contributed by atoms with Gasteiger partial charge in [0.2, 0.25) is 6.79 Å². The van der Waals surface area contributed by atoms with E-state index in [4.69, 9.17) is 14.2 Å². The van der Waals surface area contributed by atoms with Crippen LogP contribution in [-0.4, -0.2) is 37.4 Å². The maximum Gasteiger partial charge on any atom is 0.252 e. The Morgan fingerprint density at radius 1 is 1.10 bits per heavy atom. The molecule has 0 aliphatic carbocycles. The molecule has 7 heteroatoms. The lowest BCUT2D eigenvalue weighted by Gasteiger charge is -2.38. The summed E-state index contributed by atoms with van der Waals surface area (Å²) in [5, 5.41) is 4.04. The quantitative estimate of drug-likeness (QED) is 0.592. The van der Waals surface area contributed by atoms with E-state index in [2.05, 4.69) is 32.3 Å². The highest BCUT2D eigenvalue weighted by Crippen LogP contribution is 2.40. The van der Waals surface area contributed by atoms with Crippen LogP contribution in [0.5, 0.6) is 11.5 Å². The second-order valence-corrected chi connectivity index (χ2v) is 9.03.